The van der Waals surface area contributed by atoms with Gasteiger partial charge in [0.15, 0.2) is 0 Å². The van der Waals surface area contributed by atoms with Gasteiger partial charge in [-0.1, -0.05) is 66.2 Å². The third-order valence-electron chi connectivity index (χ3n) is 7.43. The van der Waals surface area contributed by atoms with Crippen molar-refractivity contribution in [3.63, 3.8) is 0 Å². The number of imide groups is 1. The minimum Gasteiger partial charge on any atom is -0.274 e. The molecule has 148 valence electrons. The lowest BCUT2D eigenvalue weighted by atomic mass is 9.48. The van der Waals surface area contributed by atoms with Crippen molar-refractivity contribution in [2.45, 2.75) is 25.7 Å². The Bertz CT molecular complexity index is 1220. The van der Waals surface area contributed by atoms with Gasteiger partial charge < -0.3 is 0 Å². The third kappa shape index (κ3) is 1.96. The number of hydrogen-bond donors (Lipinski definition) is 0. The van der Waals surface area contributed by atoms with Crippen LogP contribution in [-0.4, -0.2) is 11.8 Å². The maximum absolute atomic E-state index is 13.9. The Balaban J connectivity index is 1.61. The number of anilines is 1. The third-order valence-corrected chi connectivity index (χ3v) is 7.83. The molecular weight excluding hydrogens is 394 g/mol. The average Bonchev–Trinajstić information content (AvgIpc) is 2.96. The topological polar surface area (TPSA) is 37.4 Å². The molecule has 1 saturated heterocycles. The summed E-state index contributed by atoms with van der Waals surface area (Å²) in [5, 5.41) is 0.558. The molecule has 2 amide bonds. The van der Waals surface area contributed by atoms with E-state index in [1.165, 1.54) is 27.2 Å². The van der Waals surface area contributed by atoms with E-state index in [1.54, 1.807) is 6.07 Å². The van der Waals surface area contributed by atoms with E-state index in [1.807, 2.05) is 50.2 Å². The molecule has 0 spiro atoms. The second kappa shape index (κ2) is 5.83. The van der Waals surface area contributed by atoms with Gasteiger partial charge >= 0.3 is 0 Å². The predicted octanol–water partition coefficient (Wildman–Crippen LogP) is 5.44. The Morgan fingerprint density at radius 2 is 1.43 bits per heavy atom. The molecule has 3 aromatic rings. The van der Waals surface area contributed by atoms with Gasteiger partial charge in [0, 0.05) is 16.9 Å². The van der Waals surface area contributed by atoms with Crippen LogP contribution in [0.5, 0.6) is 0 Å². The highest BCUT2D eigenvalue weighted by Gasteiger charge is 2.68. The van der Waals surface area contributed by atoms with E-state index in [0.717, 1.165) is 5.56 Å². The lowest BCUT2D eigenvalue weighted by Gasteiger charge is -2.51. The van der Waals surface area contributed by atoms with Crippen molar-refractivity contribution in [2.24, 2.45) is 11.3 Å². The number of hydrogen-bond acceptors (Lipinski definition) is 2. The van der Waals surface area contributed by atoms with Gasteiger partial charge in [-0.15, -0.1) is 0 Å². The van der Waals surface area contributed by atoms with E-state index < -0.39 is 11.3 Å². The second-order valence-corrected chi connectivity index (χ2v) is 9.25. The largest absolute Gasteiger partial charge is 0.274 e. The molecule has 3 aromatic carbocycles. The fourth-order valence-corrected chi connectivity index (χ4v) is 6.26. The summed E-state index contributed by atoms with van der Waals surface area (Å²) in [5.41, 5.74) is 5.35. The molecule has 4 heteroatoms. The molecule has 7 rings (SSSR count). The second-order valence-electron chi connectivity index (χ2n) is 8.84. The van der Waals surface area contributed by atoms with Crippen molar-refractivity contribution in [2.75, 3.05) is 4.90 Å². The standard InChI is InChI=1S/C26H20ClNO2/c1-14-11-12-15(13-20(14)27)28-24(29)23-21-16-7-3-5-9-18(16)22(26(23,2)25(28)30)19-10-6-4-8-17(19)21/h3-13,21-23H,1-2H3/t21?,22?,23-,26+/m1/s1. The lowest BCUT2D eigenvalue weighted by molar-refractivity contribution is -0.128. The van der Waals surface area contributed by atoms with Gasteiger partial charge in [0.1, 0.15) is 0 Å². The first-order valence-electron chi connectivity index (χ1n) is 10.3. The van der Waals surface area contributed by atoms with Crippen LogP contribution in [0.4, 0.5) is 5.69 Å². The average molecular weight is 414 g/mol. The van der Waals surface area contributed by atoms with E-state index in [9.17, 15) is 9.59 Å². The summed E-state index contributed by atoms with van der Waals surface area (Å²) in [6, 6.07) is 22.0. The zero-order valence-corrected chi connectivity index (χ0v) is 17.5. The summed E-state index contributed by atoms with van der Waals surface area (Å²) in [6.07, 6.45) is 0. The normalized spacial score (nSPS) is 28.4. The van der Waals surface area contributed by atoms with Crippen molar-refractivity contribution < 1.29 is 9.59 Å². The molecule has 3 nitrogen and oxygen atoms in total. The van der Waals surface area contributed by atoms with Crippen LogP contribution in [0.25, 0.3) is 0 Å². The van der Waals surface area contributed by atoms with E-state index in [0.29, 0.717) is 10.7 Å². The Morgan fingerprint density at radius 1 is 0.867 bits per heavy atom. The van der Waals surface area contributed by atoms with Gasteiger partial charge in [0.25, 0.3) is 0 Å². The van der Waals surface area contributed by atoms with Crippen molar-refractivity contribution >= 4 is 29.1 Å². The summed E-state index contributed by atoms with van der Waals surface area (Å²) < 4.78 is 0. The van der Waals surface area contributed by atoms with E-state index in [2.05, 4.69) is 24.3 Å². The van der Waals surface area contributed by atoms with Gasteiger partial charge in [-0.2, -0.15) is 0 Å². The molecule has 0 N–H and O–H groups in total. The molecule has 0 radical (unpaired) electrons. The minimum atomic E-state index is -0.818. The first-order chi connectivity index (χ1) is 14.4. The molecule has 0 saturated carbocycles. The van der Waals surface area contributed by atoms with E-state index in [-0.39, 0.29) is 23.7 Å². The zero-order chi connectivity index (χ0) is 20.8. The van der Waals surface area contributed by atoms with Crippen molar-refractivity contribution in [1.82, 2.24) is 0 Å². The van der Waals surface area contributed by atoms with Crippen LogP contribution >= 0.6 is 11.6 Å². The molecule has 30 heavy (non-hydrogen) atoms. The fourth-order valence-electron chi connectivity index (χ4n) is 6.08. The number of nitrogens with zero attached hydrogens (tertiary/aromatic N) is 1. The molecule has 1 fully saturated rings. The summed E-state index contributed by atoms with van der Waals surface area (Å²) >= 11 is 6.34. The van der Waals surface area contributed by atoms with Gasteiger partial charge in [0.05, 0.1) is 17.0 Å². The fraction of sp³-hybridized carbons (Fsp3) is 0.231. The SMILES string of the molecule is Cc1ccc(N2C(=O)[C@H]3C4c5ccccc5C(c5ccccc54)[C@]3(C)C2=O)cc1Cl. The molecule has 0 unspecified atom stereocenters. The van der Waals surface area contributed by atoms with Crippen LogP contribution in [0.1, 0.15) is 46.6 Å². The van der Waals surface area contributed by atoms with Crippen molar-refractivity contribution in [3.8, 4) is 0 Å². The highest BCUT2D eigenvalue weighted by molar-refractivity contribution is 6.32. The molecule has 0 aromatic heterocycles. The smallest absolute Gasteiger partial charge is 0.241 e. The number of benzene rings is 3. The molecular formula is C26H20ClNO2. The van der Waals surface area contributed by atoms with Gasteiger partial charge in [0.2, 0.25) is 11.8 Å². The number of aryl methyl sites for hydroxylation is 1. The highest BCUT2D eigenvalue weighted by atomic mass is 35.5. The number of carbonyl (C=O) groups is 2. The zero-order valence-electron chi connectivity index (χ0n) is 16.7. The van der Waals surface area contributed by atoms with Crippen LogP contribution in [-0.2, 0) is 9.59 Å². The number of amides is 2. The van der Waals surface area contributed by atoms with Crippen molar-refractivity contribution in [1.29, 1.82) is 0 Å². The number of halogens is 1. The molecule has 2 bridgehead atoms. The quantitative estimate of drug-likeness (QED) is 0.498. The van der Waals surface area contributed by atoms with Gasteiger partial charge in [-0.25, -0.2) is 4.90 Å². The molecule has 4 aliphatic rings. The van der Waals surface area contributed by atoms with Crippen LogP contribution < -0.4 is 4.90 Å². The summed E-state index contributed by atoms with van der Waals surface area (Å²) in [5.74, 6) is -0.922. The number of rotatable bonds is 1. The van der Waals surface area contributed by atoms with Crippen molar-refractivity contribution in [3.05, 3.63) is 99.6 Å². The van der Waals surface area contributed by atoms with Crippen LogP contribution in [0.15, 0.2) is 66.7 Å². The van der Waals surface area contributed by atoms with Crippen LogP contribution in [0.2, 0.25) is 5.02 Å². The number of carbonyl (C=O) groups excluding carboxylic acids is 2. The Labute approximate surface area is 180 Å². The molecule has 3 aliphatic carbocycles. The lowest BCUT2D eigenvalue weighted by Crippen LogP contribution is -2.49. The summed E-state index contributed by atoms with van der Waals surface area (Å²) in [6.45, 7) is 3.89. The maximum Gasteiger partial charge on any atom is 0.241 e. The first kappa shape index (κ1) is 17.9. The Morgan fingerprint density at radius 3 is 2.00 bits per heavy atom. The molecule has 1 aliphatic heterocycles. The minimum absolute atomic E-state index is 0.116. The molecule has 1 heterocycles. The van der Waals surface area contributed by atoms with Crippen LogP contribution in [0, 0.1) is 18.3 Å². The maximum atomic E-state index is 13.9. The van der Waals surface area contributed by atoms with Gasteiger partial charge in [-0.05, 0) is 53.8 Å². The summed E-state index contributed by atoms with van der Waals surface area (Å²) in [4.78, 5) is 29.1. The van der Waals surface area contributed by atoms with E-state index >= 15 is 0 Å². The van der Waals surface area contributed by atoms with Crippen LogP contribution in [0.3, 0.4) is 0 Å². The van der Waals surface area contributed by atoms with Gasteiger partial charge in [-0.3, -0.25) is 9.59 Å². The highest BCUT2D eigenvalue weighted by Crippen LogP contribution is 2.67. The summed E-state index contributed by atoms with van der Waals surface area (Å²) in [7, 11) is 0. The first-order valence-corrected chi connectivity index (χ1v) is 10.6. The predicted molar refractivity (Wildman–Crippen MR) is 117 cm³/mol. The Kier molecular flexibility index (Phi) is 3.48. The Hall–Kier alpha value is -2.91. The van der Waals surface area contributed by atoms with E-state index in [4.69, 9.17) is 11.6 Å². The molecule has 2 atom stereocenters. The monoisotopic (exact) mass is 413 g/mol.